The smallest absolute Gasteiger partial charge is 0.111 e. The fourth-order valence-corrected chi connectivity index (χ4v) is 0.740. The molecule has 0 spiro atoms. The largest absolute Gasteiger partial charge is 0.499 e. The van der Waals surface area contributed by atoms with E-state index < -0.39 is 0 Å². The second-order valence-corrected chi connectivity index (χ2v) is 3.15. The van der Waals surface area contributed by atoms with Gasteiger partial charge in [0.05, 0.1) is 12.9 Å². The molecule has 0 radical (unpaired) electrons. The first-order valence-corrected chi connectivity index (χ1v) is 5.16. The summed E-state index contributed by atoms with van der Waals surface area (Å²) in [5, 5.41) is 0. The number of rotatable bonds is 8. The van der Waals surface area contributed by atoms with E-state index in [9.17, 15) is 0 Å². The Morgan fingerprint density at radius 2 is 1.92 bits per heavy atom. The highest BCUT2D eigenvalue weighted by molar-refractivity contribution is 4.90. The van der Waals surface area contributed by atoms with E-state index in [1.54, 1.807) is 0 Å². The van der Waals surface area contributed by atoms with Gasteiger partial charge in [0, 0.05) is 6.61 Å². The highest BCUT2D eigenvalue weighted by Crippen LogP contribution is 1.97. The highest BCUT2D eigenvalue weighted by Gasteiger charge is 1.88. The van der Waals surface area contributed by atoms with E-state index in [4.69, 9.17) is 9.47 Å². The van der Waals surface area contributed by atoms with Crippen molar-refractivity contribution in [3.05, 3.63) is 11.8 Å². The Bertz CT molecular complexity index is 130. The van der Waals surface area contributed by atoms with Crippen molar-refractivity contribution in [2.75, 3.05) is 19.8 Å². The van der Waals surface area contributed by atoms with Gasteiger partial charge in [-0.25, -0.2) is 0 Å². The van der Waals surface area contributed by atoms with Crippen LogP contribution in [0.4, 0.5) is 0 Å². The molecule has 0 N–H and O–H groups in total. The molecular weight excluding hydrogens is 164 g/mol. The maximum absolute atomic E-state index is 5.34. The lowest BCUT2D eigenvalue weighted by Crippen LogP contribution is -2.02. The summed E-state index contributed by atoms with van der Waals surface area (Å²) in [7, 11) is 0. The van der Waals surface area contributed by atoms with Crippen LogP contribution in [0.3, 0.4) is 0 Å². The number of allylic oxidation sites excluding steroid dienone is 1. The standard InChI is InChI=1S/C11H22O2/c1-4-6-7-12-8-9-13-10-11(3)5-2/h10H,4-9H2,1-3H3/b11-10+. The van der Waals surface area contributed by atoms with E-state index in [1.807, 2.05) is 6.26 Å². The van der Waals surface area contributed by atoms with Crippen LogP contribution in [0.5, 0.6) is 0 Å². The van der Waals surface area contributed by atoms with Crippen molar-refractivity contribution in [2.24, 2.45) is 0 Å². The molecule has 0 saturated heterocycles. The zero-order chi connectivity index (χ0) is 9.94. The third-order valence-electron chi connectivity index (χ3n) is 1.83. The second kappa shape index (κ2) is 9.59. The Hall–Kier alpha value is -0.500. The third-order valence-corrected chi connectivity index (χ3v) is 1.83. The van der Waals surface area contributed by atoms with E-state index in [2.05, 4.69) is 20.8 Å². The summed E-state index contributed by atoms with van der Waals surface area (Å²) >= 11 is 0. The number of unbranched alkanes of at least 4 members (excludes halogenated alkanes) is 1. The molecule has 0 heterocycles. The molecule has 13 heavy (non-hydrogen) atoms. The van der Waals surface area contributed by atoms with Crippen molar-refractivity contribution in [2.45, 2.75) is 40.0 Å². The Labute approximate surface area is 81.9 Å². The van der Waals surface area contributed by atoms with Gasteiger partial charge in [-0.05, 0) is 25.3 Å². The van der Waals surface area contributed by atoms with Crippen LogP contribution >= 0.6 is 0 Å². The fourth-order valence-electron chi connectivity index (χ4n) is 0.740. The minimum atomic E-state index is 0.668. The van der Waals surface area contributed by atoms with Crippen LogP contribution in [-0.2, 0) is 9.47 Å². The lowest BCUT2D eigenvalue weighted by atomic mass is 10.3. The summed E-state index contributed by atoms with van der Waals surface area (Å²) in [6.07, 6.45) is 5.21. The summed E-state index contributed by atoms with van der Waals surface area (Å²) in [5.74, 6) is 0. The average molecular weight is 186 g/mol. The van der Waals surface area contributed by atoms with Crippen LogP contribution in [0.15, 0.2) is 11.8 Å². The molecule has 0 aliphatic carbocycles. The van der Waals surface area contributed by atoms with E-state index in [0.717, 1.165) is 19.4 Å². The fraction of sp³-hybridized carbons (Fsp3) is 0.818. The van der Waals surface area contributed by atoms with E-state index in [0.29, 0.717) is 13.2 Å². The molecule has 0 atom stereocenters. The molecule has 0 aromatic heterocycles. The third kappa shape index (κ3) is 9.41. The van der Waals surface area contributed by atoms with Gasteiger partial charge in [0.25, 0.3) is 0 Å². The predicted octanol–water partition coefficient (Wildman–Crippen LogP) is 3.13. The lowest BCUT2D eigenvalue weighted by molar-refractivity contribution is 0.0825. The molecule has 0 aromatic rings. The van der Waals surface area contributed by atoms with Gasteiger partial charge in [0.15, 0.2) is 0 Å². The lowest BCUT2D eigenvalue weighted by Gasteiger charge is -2.03. The molecule has 0 rings (SSSR count). The molecule has 0 aliphatic rings. The molecule has 0 saturated carbocycles. The van der Waals surface area contributed by atoms with Gasteiger partial charge in [-0.2, -0.15) is 0 Å². The van der Waals surface area contributed by atoms with Gasteiger partial charge in [-0.3, -0.25) is 0 Å². The van der Waals surface area contributed by atoms with Gasteiger partial charge < -0.3 is 9.47 Å². The normalized spacial score (nSPS) is 11.8. The van der Waals surface area contributed by atoms with Crippen molar-refractivity contribution in [3.8, 4) is 0 Å². The Balaban J connectivity index is 3.08. The van der Waals surface area contributed by atoms with Gasteiger partial charge in [-0.15, -0.1) is 0 Å². The molecule has 0 aromatic carbocycles. The Morgan fingerprint density at radius 1 is 1.15 bits per heavy atom. The quantitative estimate of drug-likeness (QED) is 0.428. The first-order valence-electron chi connectivity index (χ1n) is 5.16. The Kier molecular flexibility index (Phi) is 9.22. The van der Waals surface area contributed by atoms with Gasteiger partial charge in [-0.1, -0.05) is 20.3 Å². The van der Waals surface area contributed by atoms with Crippen LogP contribution in [0.2, 0.25) is 0 Å². The van der Waals surface area contributed by atoms with Crippen LogP contribution < -0.4 is 0 Å². The molecule has 78 valence electrons. The summed E-state index contributed by atoms with van der Waals surface area (Å²) in [4.78, 5) is 0. The van der Waals surface area contributed by atoms with Crippen molar-refractivity contribution >= 4 is 0 Å². The van der Waals surface area contributed by atoms with Gasteiger partial charge in [0.2, 0.25) is 0 Å². The molecule has 0 fully saturated rings. The van der Waals surface area contributed by atoms with Crippen LogP contribution in [0, 0.1) is 0 Å². The van der Waals surface area contributed by atoms with Crippen LogP contribution in [0.1, 0.15) is 40.0 Å². The van der Waals surface area contributed by atoms with Crippen molar-refractivity contribution in [1.29, 1.82) is 0 Å². The molecule has 0 aliphatic heterocycles. The molecule has 0 amide bonds. The average Bonchev–Trinajstić information content (AvgIpc) is 2.16. The van der Waals surface area contributed by atoms with Crippen molar-refractivity contribution < 1.29 is 9.47 Å². The number of ether oxygens (including phenoxy) is 2. The summed E-state index contributed by atoms with van der Waals surface area (Å²) in [5.41, 5.74) is 1.27. The molecule has 2 heteroatoms. The summed E-state index contributed by atoms with van der Waals surface area (Å²) < 4.78 is 10.6. The van der Waals surface area contributed by atoms with Crippen molar-refractivity contribution in [3.63, 3.8) is 0 Å². The molecule has 0 unspecified atom stereocenters. The molecule has 0 bridgehead atoms. The monoisotopic (exact) mass is 186 g/mol. The summed E-state index contributed by atoms with van der Waals surface area (Å²) in [6.45, 7) is 8.57. The molecular formula is C11H22O2. The van der Waals surface area contributed by atoms with E-state index in [1.165, 1.54) is 12.0 Å². The van der Waals surface area contributed by atoms with E-state index in [-0.39, 0.29) is 0 Å². The highest BCUT2D eigenvalue weighted by atomic mass is 16.5. The molecule has 2 nitrogen and oxygen atoms in total. The topological polar surface area (TPSA) is 18.5 Å². The first-order chi connectivity index (χ1) is 6.31. The van der Waals surface area contributed by atoms with Gasteiger partial charge in [0.1, 0.15) is 6.61 Å². The zero-order valence-electron chi connectivity index (χ0n) is 9.14. The van der Waals surface area contributed by atoms with Gasteiger partial charge >= 0.3 is 0 Å². The predicted molar refractivity (Wildman–Crippen MR) is 55.7 cm³/mol. The summed E-state index contributed by atoms with van der Waals surface area (Å²) in [6, 6.07) is 0. The minimum absolute atomic E-state index is 0.668. The van der Waals surface area contributed by atoms with Crippen LogP contribution in [0.25, 0.3) is 0 Å². The number of hydrogen-bond donors (Lipinski definition) is 0. The van der Waals surface area contributed by atoms with Crippen molar-refractivity contribution in [1.82, 2.24) is 0 Å². The number of hydrogen-bond acceptors (Lipinski definition) is 2. The maximum Gasteiger partial charge on any atom is 0.111 e. The Morgan fingerprint density at radius 3 is 2.54 bits per heavy atom. The maximum atomic E-state index is 5.34. The second-order valence-electron chi connectivity index (χ2n) is 3.15. The van der Waals surface area contributed by atoms with Crippen LogP contribution in [-0.4, -0.2) is 19.8 Å². The zero-order valence-corrected chi connectivity index (χ0v) is 9.14. The SMILES string of the molecule is CCCCOCCO/C=C(\C)CC. The first kappa shape index (κ1) is 12.5. The van der Waals surface area contributed by atoms with E-state index >= 15 is 0 Å². The minimum Gasteiger partial charge on any atom is -0.499 e.